The first-order chi connectivity index (χ1) is 8.15. The standard InChI is InChI=1S/C13H22N4/c1-10(2)16-12-7-13(15-9-14-12)17(3)8-11-5-4-6-11/h7,9-11H,4-6,8H2,1-3H3,(H,14,15,16). The molecule has 17 heavy (non-hydrogen) atoms. The van der Waals surface area contributed by atoms with Gasteiger partial charge in [-0.3, -0.25) is 0 Å². The van der Waals surface area contributed by atoms with Gasteiger partial charge in [-0.15, -0.1) is 0 Å². The molecule has 0 radical (unpaired) electrons. The van der Waals surface area contributed by atoms with E-state index in [2.05, 4.69) is 41.1 Å². The maximum atomic E-state index is 4.33. The van der Waals surface area contributed by atoms with Crippen molar-refractivity contribution in [3.05, 3.63) is 12.4 Å². The summed E-state index contributed by atoms with van der Waals surface area (Å²) in [6.07, 6.45) is 5.76. The normalized spacial score (nSPS) is 15.8. The fraction of sp³-hybridized carbons (Fsp3) is 0.692. The summed E-state index contributed by atoms with van der Waals surface area (Å²) >= 11 is 0. The Bertz CT molecular complexity index is 360. The summed E-state index contributed by atoms with van der Waals surface area (Å²) in [7, 11) is 2.11. The molecule has 1 aliphatic rings. The first-order valence-corrected chi connectivity index (χ1v) is 6.45. The Hall–Kier alpha value is -1.32. The maximum Gasteiger partial charge on any atom is 0.133 e. The van der Waals surface area contributed by atoms with E-state index in [4.69, 9.17) is 0 Å². The summed E-state index contributed by atoms with van der Waals surface area (Å²) in [5, 5.41) is 3.30. The minimum atomic E-state index is 0.398. The highest BCUT2D eigenvalue weighted by Crippen LogP contribution is 2.28. The summed E-state index contributed by atoms with van der Waals surface area (Å²) in [6.45, 7) is 5.33. The molecule has 0 spiro atoms. The predicted octanol–water partition coefficient (Wildman–Crippen LogP) is 2.53. The zero-order valence-corrected chi connectivity index (χ0v) is 11.0. The van der Waals surface area contributed by atoms with Gasteiger partial charge in [0.1, 0.15) is 18.0 Å². The van der Waals surface area contributed by atoms with E-state index in [1.807, 2.05) is 6.07 Å². The lowest BCUT2D eigenvalue weighted by Crippen LogP contribution is -2.30. The van der Waals surface area contributed by atoms with Gasteiger partial charge < -0.3 is 10.2 Å². The summed E-state index contributed by atoms with van der Waals surface area (Å²) < 4.78 is 0. The summed E-state index contributed by atoms with van der Waals surface area (Å²) in [4.78, 5) is 10.8. The van der Waals surface area contributed by atoms with Crippen LogP contribution in [0.5, 0.6) is 0 Å². The fourth-order valence-electron chi connectivity index (χ4n) is 2.09. The molecule has 0 aromatic carbocycles. The molecule has 4 heteroatoms. The van der Waals surface area contributed by atoms with Gasteiger partial charge in [0.25, 0.3) is 0 Å². The third-order valence-corrected chi connectivity index (χ3v) is 3.24. The molecule has 0 amide bonds. The molecular formula is C13H22N4. The number of hydrogen-bond donors (Lipinski definition) is 1. The van der Waals surface area contributed by atoms with E-state index in [1.54, 1.807) is 6.33 Å². The zero-order chi connectivity index (χ0) is 12.3. The molecule has 0 saturated heterocycles. The van der Waals surface area contributed by atoms with E-state index in [9.17, 15) is 0 Å². The molecule has 1 aromatic rings. The van der Waals surface area contributed by atoms with Crippen molar-refractivity contribution in [2.75, 3.05) is 23.8 Å². The Kier molecular flexibility index (Phi) is 3.82. The molecule has 1 fully saturated rings. The summed E-state index contributed by atoms with van der Waals surface area (Å²) in [5.41, 5.74) is 0. The molecular weight excluding hydrogens is 212 g/mol. The number of anilines is 2. The molecule has 0 atom stereocenters. The van der Waals surface area contributed by atoms with Crippen molar-refractivity contribution in [1.29, 1.82) is 0 Å². The van der Waals surface area contributed by atoms with Crippen molar-refractivity contribution in [2.45, 2.75) is 39.2 Å². The van der Waals surface area contributed by atoms with Crippen LogP contribution in [0.1, 0.15) is 33.1 Å². The van der Waals surface area contributed by atoms with E-state index in [-0.39, 0.29) is 0 Å². The van der Waals surface area contributed by atoms with Crippen molar-refractivity contribution in [3.63, 3.8) is 0 Å². The Morgan fingerprint density at radius 3 is 2.76 bits per heavy atom. The van der Waals surface area contributed by atoms with Crippen LogP contribution in [-0.2, 0) is 0 Å². The van der Waals surface area contributed by atoms with Gasteiger partial charge in [0.2, 0.25) is 0 Å². The molecule has 94 valence electrons. The van der Waals surface area contributed by atoms with Crippen molar-refractivity contribution in [1.82, 2.24) is 9.97 Å². The maximum absolute atomic E-state index is 4.33. The monoisotopic (exact) mass is 234 g/mol. The van der Waals surface area contributed by atoms with Gasteiger partial charge in [0, 0.05) is 25.7 Å². The van der Waals surface area contributed by atoms with Crippen LogP contribution in [0, 0.1) is 5.92 Å². The minimum absolute atomic E-state index is 0.398. The molecule has 1 aromatic heterocycles. The van der Waals surface area contributed by atoms with Crippen molar-refractivity contribution in [3.8, 4) is 0 Å². The van der Waals surface area contributed by atoms with Crippen LogP contribution >= 0.6 is 0 Å². The topological polar surface area (TPSA) is 41.0 Å². The average Bonchev–Trinajstić information content (AvgIpc) is 2.22. The first-order valence-electron chi connectivity index (χ1n) is 6.45. The second-order valence-electron chi connectivity index (χ2n) is 5.24. The van der Waals surface area contributed by atoms with Gasteiger partial charge in [-0.1, -0.05) is 6.42 Å². The van der Waals surface area contributed by atoms with Crippen LogP contribution in [0.3, 0.4) is 0 Å². The fourth-order valence-corrected chi connectivity index (χ4v) is 2.09. The van der Waals surface area contributed by atoms with Gasteiger partial charge in [0.05, 0.1) is 0 Å². The lowest BCUT2D eigenvalue weighted by atomic mass is 9.85. The van der Waals surface area contributed by atoms with Gasteiger partial charge in [-0.05, 0) is 32.6 Å². The summed E-state index contributed by atoms with van der Waals surface area (Å²) in [5.74, 6) is 2.77. The van der Waals surface area contributed by atoms with E-state index < -0.39 is 0 Å². The lowest BCUT2D eigenvalue weighted by Gasteiger charge is -2.30. The van der Waals surface area contributed by atoms with Crippen molar-refractivity contribution >= 4 is 11.6 Å². The molecule has 0 unspecified atom stereocenters. The Balaban J connectivity index is 1.98. The number of nitrogens with one attached hydrogen (secondary N) is 1. The molecule has 1 heterocycles. The number of hydrogen-bond acceptors (Lipinski definition) is 4. The molecule has 1 saturated carbocycles. The quantitative estimate of drug-likeness (QED) is 0.850. The number of aromatic nitrogens is 2. The van der Waals surface area contributed by atoms with Gasteiger partial charge in [0.15, 0.2) is 0 Å². The van der Waals surface area contributed by atoms with Crippen molar-refractivity contribution < 1.29 is 0 Å². The van der Waals surface area contributed by atoms with E-state index in [0.29, 0.717) is 6.04 Å². The highest BCUT2D eigenvalue weighted by molar-refractivity contribution is 5.48. The zero-order valence-electron chi connectivity index (χ0n) is 11.0. The number of nitrogens with zero attached hydrogens (tertiary/aromatic N) is 3. The third kappa shape index (κ3) is 3.32. The van der Waals surface area contributed by atoms with Crippen LogP contribution in [-0.4, -0.2) is 29.6 Å². The Morgan fingerprint density at radius 1 is 1.41 bits per heavy atom. The SMILES string of the molecule is CC(C)Nc1cc(N(C)CC2CCC2)ncn1. The smallest absolute Gasteiger partial charge is 0.133 e. The molecule has 0 aliphatic heterocycles. The Morgan fingerprint density at radius 2 is 2.18 bits per heavy atom. The van der Waals surface area contributed by atoms with Crippen LogP contribution in [0.4, 0.5) is 11.6 Å². The average molecular weight is 234 g/mol. The molecule has 1 aliphatic carbocycles. The van der Waals surface area contributed by atoms with E-state index >= 15 is 0 Å². The second-order valence-corrected chi connectivity index (χ2v) is 5.24. The highest BCUT2D eigenvalue weighted by Gasteiger charge is 2.19. The second kappa shape index (κ2) is 5.34. The Labute approximate surface area is 103 Å². The number of rotatable bonds is 5. The van der Waals surface area contributed by atoms with E-state index in [0.717, 1.165) is 24.1 Å². The van der Waals surface area contributed by atoms with E-state index in [1.165, 1.54) is 19.3 Å². The third-order valence-electron chi connectivity index (χ3n) is 3.24. The lowest BCUT2D eigenvalue weighted by molar-refractivity contribution is 0.321. The van der Waals surface area contributed by atoms with Crippen LogP contribution < -0.4 is 10.2 Å². The van der Waals surface area contributed by atoms with Crippen LogP contribution in [0.15, 0.2) is 12.4 Å². The summed E-state index contributed by atoms with van der Waals surface area (Å²) in [6, 6.07) is 2.42. The molecule has 4 nitrogen and oxygen atoms in total. The van der Waals surface area contributed by atoms with Crippen molar-refractivity contribution in [2.24, 2.45) is 5.92 Å². The minimum Gasteiger partial charge on any atom is -0.368 e. The largest absolute Gasteiger partial charge is 0.368 e. The van der Waals surface area contributed by atoms with Gasteiger partial charge in [-0.2, -0.15) is 0 Å². The van der Waals surface area contributed by atoms with Gasteiger partial charge >= 0.3 is 0 Å². The van der Waals surface area contributed by atoms with Crippen LogP contribution in [0.25, 0.3) is 0 Å². The molecule has 2 rings (SSSR count). The van der Waals surface area contributed by atoms with Gasteiger partial charge in [-0.25, -0.2) is 9.97 Å². The highest BCUT2D eigenvalue weighted by atomic mass is 15.2. The molecule has 1 N–H and O–H groups in total. The first kappa shape index (κ1) is 12.1. The van der Waals surface area contributed by atoms with Crippen LogP contribution in [0.2, 0.25) is 0 Å². The molecule has 0 bridgehead atoms. The predicted molar refractivity (Wildman–Crippen MR) is 71.4 cm³/mol.